The molecule has 1 saturated carbocycles. The zero-order valence-corrected chi connectivity index (χ0v) is 13.3. The number of anilines is 1. The lowest BCUT2D eigenvalue weighted by Crippen LogP contribution is -2.43. The van der Waals surface area contributed by atoms with Crippen LogP contribution >= 0.6 is 11.3 Å². The highest BCUT2D eigenvalue weighted by Crippen LogP contribution is 2.32. The molecule has 1 aromatic rings. The zero-order chi connectivity index (χ0) is 13.9. The summed E-state index contributed by atoms with van der Waals surface area (Å²) in [4.78, 5) is 7.72. The molecule has 0 unspecified atom stereocenters. The fraction of sp³-hybridized carbons (Fsp3) is 0.786. The van der Waals surface area contributed by atoms with Crippen molar-refractivity contribution in [3.05, 3.63) is 4.88 Å². The third-order valence-electron chi connectivity index (χ3n) is 3.86. The van der Waals surface area contributed by atoms with Crippen molar-refractivity contribution in [1.82, 2.24) is 10.3 Å². The van der Waals surface area contributed by atoms with E-state index in [4.69, 9.17) is 4.74 Å². The predicted molar refractivity (Wildman–Crippen MR) is 81.3 cm³/mol. The summed E-state index contributed by atoms with van der Waals surface area (Å²) < 4.78 is 5.38. The van der Waals surface area contributed by atoms with E-state index in [0.717, 1.165) is 17.6 Å². The molecule has 0 aliphatic heterocycles. The smallest absolute Gasteiger partial charge is 0.230 e. The van der Waals surface area contributed by atoms with Crippen LogP contribution in [-0.2, 0) is 6.54 Å². The minimum Gasteiger partial charge on any atom is -0.480 e. The van der Waals surface area contributed by atoms with E-state index in [2.05, 4.69) is 17.2 Å². The van der Waals surface area contributed by atoms with Crippen molar-refractivity contribution >= 4 is 16.5 Å². The van der Waals surface area contributed by atoms with E-state index < -0.39 is 0 Å². The van der Waals surface area contributed by atoms with Crippen LogP contribution in [0.5, 0.6) is 5.88 Å². The molecule has 0 spiro atoms. The van der Waals surface area contributed by atoms with Crippen molar-refractivity contribution in [2.24, 2.45) is 0 Å². The van der Waals surface area contributed by atoms with Gasteiger partial charge in [-0.05, 0) is 19.8 Å². The average molecular weight is 283 g/mol. The Labute approximate surface area is 120 Å². The molecule has 0 saturated heterocycles. The Kier molecular flexibility index (Phi) is 4.68. The van der Waals surface area contributed by atoms with E-state index in [0.29, 0.717) is 0 Å². The normalized spacial score (nSPS) is 18.3. The van der Waals surface area contributed by atoms with Gasteiger partial charge in [0, 0.05) is 26.2 Å². The van der Waals surface area contributed by atoms with Gasteiger partial charge in [-0.2, -0.15) is 4.98 Å². The minimum absolute atomic E-state index is 0.283. The van der Waals surface area contributed by atoms with Crippen molar-refractivity contribution in [3.63, 3.8) is 0 Å². The van der Waals surface area contributed by atoms with Gasteiger partial charge in [-0.3, -0.25) is 0 Å². The minimum atomic E-state index is 0.283. The predicted octanol–water partition coefficient (Wildman–Crippen LogP) is 3.03. The lowest BCUT2D eigenvalue weighted by molar-refractivity contribution is 0.252. The molecule has 0 radical (unpaired) electrons. The molecule has 19 heavy (non-hydrogen) atoms. The summed E-state index contributed by atoms with van der Waals surface area (Å²) in [6.07, 6.45) is 6.60. The van der Waals surface area contributed by atoms with Gasteiger partial charge in [-0.15, -0.1) is 0 Å². The van der Waals surface area contributed by atoms with Crippen molar-refractivity contribution in [1.29, 1.82) is 0 Å². The van der Waals surface area contributed by atoms with E-state index in [1.165, 1.54) is 37.0 Å². The number of aromatic nitrogens is 1. The molecular weight excluding hydrogens is 258 g/mol. The second-order valence-corrected chi connectivity index (χ2v) is 6.86. The summed E-state index contributed by atoms with van der Waals surface area (Å²) in [7, 11) is 5.72. The van der Waals surface area contributed by atoms with Crippen LogP contribution in [0.25, 0.3) is 0 Å². The van der Waals surface area contributed by atoms with Crippen LogP contribution in [0.2, 0.25) is 0 Å². The number of hydrogen-bond acceptors (Lipinski definition) is 5. The number of rotatable bonds is 5. The number of ether oxygens (including phenoxy) is 1. The Bertz CT molecular complexity index is 411. The molecule has 0 bridgehead atoms. The van der Waals surface area contributed by atoms with Crippen molar-refractivity contribution in [3.8, 4) is 5.88 Å². The Morgan fingerprint density at radius 2 is 2.00 bits per heavy atom. The number of thiazole rings is 1. The van der Waals surface area contributed by atoms with E-state index >= 15 is 0 Å². The van der Waals surface area contributed by atoms with E-state index in [-0.39, 0.29) is 5.54 Å². The summed E-state index contributed by atoms with van der Waals surface area (Å²) in [6.45, 7) is 3.19. The SMILES string of the molecule is COc1nc(N(C)C)sc1CNC1(C)CCCCC1. The van der Waals surface area contributed by atoms with Gasteiger partial charge in [0.15, 0.2) is 5.13 Å². The molecule has 4 nitrogen and oxygen atoms in total. The molecule has 0 aromatic carbocycles. The molecule has 5 heteroatoms. The second kappa shape index (κ2) is 6.09. The Morgan fingerprint density at radius 1 is 1.32 bits per heavy atom. The van der Waals surface area contributed by atoms with Crippen LogP contribution in [0.4, 0.5) is 5.13 Å². The lowest BCUT2D eigenvalue weighted by Gasteiger charge is -2.34. The van der Waals surface area contributed by atoms with Crippen molar-refractivity contribution in [2.75, 3.05) is 26.1 Å². The second-order valence-electron chi connectivity index (χ2n) is 5.80. The molecule has 1 aliphatic rings. The molecule has 1 aromatic heterocycles. The highest BCUT2D eigenvalue weighted by molar-refractivity contribution is 7.15. The van der Waals surface area contributed by atoms with Crippen molar-refractivity contribution < 1.29 is 4.74 Å². The van der Waals surface area contributed by atoms with E-state index in [9.17, 15) is 0 Å². The molecular formula is C14H25N3OS. The molecule has 1 N–H and O–H groups in total. The maximum Gasteiger partial charge on any atom is 0.230 e. The Morgan fingerprint density at radius 3 is 2.58 bits per heavy atom. The van der Waals surface area contributed by atoms with Gasteiger partial charge >= 0.3 is 0 Å². The maximum atomic E-state index is 5.38. The highest BCUT2D eigenvalue weighted by atomic mass is 32.1. The van der Waals surface area contributed by atoms with Crippen LogP contribution in [0.3, 0.4) is 0 Å². The number of hydrogen-bond donors (Lipinski definition) is 1. The molecule has 1 aliphatic carbocycles. The van der Waals surface area contributed by atoms with E-state index in [1.807, 2.05) is 19.0 Å². The molecule has 0 atom stereocenters. The quantitative estimate of drug-likeness (QED) is 0.901. The third kappa shape index (κ3) is 3.60. The van der Waals surface area contributed by atoms with Gasteiger partial charge < -0.3 is 15.0 Å². The first-order chi connectivity index (χ1) is 9.04. The highest BCUT2D eigenvalue weighted by Gasteiger charge is 2.26. The van der Waals surface area contributed by atoms with Crippen LogP contribution in [0.15, 0.2) is 0 Å². The molecule has 108 valence electrons. The number of methoxy groups -OCH3 is 1. The van der Waals surface area contributed by atoms with Crippen LogP contribution < -0.4 is 15.0 Å². The average Bonchev–Trinajstić information content (AvgIpc) is 2.81. The van der Waals surface area contributed by atoms with E-state index in [1.54, 1.807) is 18.4 Å². The molecule has 2 rings (SSSR count). The van der Waals surface area contributed by atoms with Gasteiger partial charge in [0.2, 0.25) is 5.88 Å². The third-order valence-corrected chi connectivity index (χ3v) is 5.06. The fourth-order valence-corrected chi connectivity index (χ4v) is 3.48. The van der Waals surface area contributed by atoms with Gasteiger partial charge in [0.05, 0.1) is 12.0 Å². The van der Waals surface area contributed by atoms with Crippen LogP contribution in [0, 0.1) is 0 Å². The van der Waals surface area contributed by atoms with Crippen molar-refractivity contribution in [2.45, 2.75) is 51.1 Å². The van der Waals surface area contributed by atoms with Crippen LogP contribution in [0.1, 0.15) is 43.9 Å². The van der Waals surface area contributed by atoms with Gasteiger partial charge in [-0.25, -0.2) is 0 Å². The molecule has 1 heterocycles. The topological polar surface area (TPSA) is 37.4 Å². The zero-order valence-electron chi connectivity index (χ0n) is 12.5. The number of nitrogens with one attached hydrogen (secondary N) is 1. The van der Waals surface area contributed by atoms with Gasteiger partial charge in [-0.1, -0.05) is 30.6 Å². The van der Waals surface area contributed by atoms with Crippen LogP contribution in [-0.4, -0.2) is 31.7 Å². The summed E-state index contributed by atoms with van der Waals surface area (Å²) in [6, 6.07) is 0. The fourth-order valence-electron chi connectivity index (χ4n) is 2.59. The molecule has 1 fully saturated rings. The standard InChI is InChI=1S/C14H25N3OS/c1-14(8-6-5-7-9-14)15-10-11-12(18-4)16-13(19-11)17(2)3/h15H,5-10H2,1-4H3. The first kappa shape index (κ1) is 14.6. The largest absolute Gasteiger partial charge is 0.480 e. The summed E-state index contributed by atoms with van der Waals surface area (Å²) in [5.41, 5.74) is 0.283. The first-order valence-electron chi connectivity index (χ1n) is 7.00. The summed E-state index contributed by atoms with van der Waals surface area (Å²) >= 11 is 1.71. The Hall–Kier alpha value is -0.810. The molecule has 0 amide bonds. The Balaban J connectivity index is 2.02. The maximum absolute atomic E-state index is 5.38. The lowest BCUT2D eigenvalue weighted by atomic mass is 9.83. The summed E-state index contributed by atoms with van der Waals surface area (Å²) in [5, 5.41) is 4.72. The first-order valence-corrected chi connectivity index (χ1v) is 7.82. The number of nitrogens with zero attached hydrogens (tertiary/aromatic N) is 2. The van der Waals surface area contributed by atoms with Gasteiger partial charge in [0.1, 0.15) is 0 Å². The summed E-state index contributed by atoms with van der Waals surface area (Å²) in [5.74, 6) is 0.764. The monoisotopic (exact) mass is 283 g/mol. The van der Waals surface area contributed by atoms with Gasteiger partial charge in [0.25, 0.3) is 0 Å².